The fourth-order valence-electron chi connectivity index (χ4n) is 3.05. The van der Waals surface area contributed by atoms with Crippen molar-refractivity contribution in [2.75, 3.05) is 19.7 Å². The summed E-state index contributed by atoms with van der Waals surface area (Å²) in [4.78, 5) is 4.28. The summed E-state index contributed by atoms with van der Waals surface area (Å²) < 4.78 is 76.4. The Balaban J connectivity index is 1.56. The summed E-state index contributed by atoms with van der Waals surface area (Å²) in [5.41, 5.74) is -0.704. The Labute approximate surface area is 170 Å². The van der Waals surface area contributed by atoms with Crippen molar-refractivity contribution in [3.63, 3.8) is 0 Å². The first kappa shape index (κ1) is 20.5. The Hall–Kier alpha value is -2.76. The van der Waals surface area contributed by atoms with E-state index in [1.807, 2.05) is 0 Å². The number of nitrogens with zero attached hydrogens (tertiary/aromatic N) is 3. The Morgan fingerprint density at radius 2 is 1.83 bits per heavy atom. The van der Waals surface area contributed by atoms with Gasteiger partial charge in [-0.15, -0.1) is 0 Å². The van der Waals surface area contributed by atoms with Gasteiger partial charge in [0.15, 0.2) is 6.10 Å². The van der Waals surface area contributed by atoms with Crippen molar-refractivity contribution in [1.82, 2.24) is 14.4 Å². The maximum atomic E-state index is 12.9. The second-order valence-corrected chi connectivity index (χ2v) is 8.51. The van der Waals surface area contributed by atoms with Crippen LogP contribution in [0, 0.1) is 0 Å². The molecule has 0 unspecified atom stereocenters. The van der Waals surface area contributed by atoms with Gasteiger partial charge in [0.05, 0.1) is 17.1 Å². The Morgan fingerprint density at radius 3 is 2.57 bits per heavy atom. The zero-order valence-electron chi connectivity index (χ0n) is 15.4. The molecule has 4 rings (SSSR count). The smallest absolute Gasteiger partial charge is 0.366 e. The monoisotopic (exact) mass is 439 g/mol. The van der Waals surface area contributed by atoms with Crippen LogP contribution in [0.4, 0.5) is 13.2 Å². The Kier molecular flexibility index (Phi) is 5.35. The molecule has 1 saturated heterocycles. The molecule has 0 bridgehead atoms. The van der Waals surface area contributed by atoms with Crippen molar-refractivity contribution in [3.8, 4) is 11.4 Å². The number of hydrogen-bond donors (Lipinski definition) is 0. The number of benzene rings is 2. The van der Waals surface area contributed by atoms with E-state index in [2.05, 4.69) is 10.1 Å². The van der Waals surface area contributed by atoms with Crippen LogP contribution < -0.4 is 0 Å². The van der Waals surface area contributed by atoms with Crippen LogP contribution in [-0.2, 0) is 20.9 Å². The minimum Gasteiger partial charge on any atom is -0.366 e. The summed E-state index contributed by atoms with van der Waals surface area (Å²) in [5, 5.41) is 3.73. The maximum Gasteiger partial charge on any atom is 0.416 e. The molecule has 0 spiro atoms. The van der Waals surface area contributed by atoms with E-state index in [0.29, 0.717) is 0 Å². The van der Waals surface area contributed by atoms with Crippen LogP contribution in [0.3, 0.4) is 0 Å². The molecule has 0 amide bonds. The highest BCUT2D eigenvalue weighted by Crippen LogP contribution is 2.32. The van der Waals surface area contributed by atoms with E-state index in [9.17, 15) is 21.6 Å². The van der Waals surface area contributed by atoms with Gasteiger partial charge in [0.25, 0.3) is 5.89 Å². The number of halogens is 3. The number of ether oxygens (including phenoxy) is 1. The number of aromatic nitrogens is 2. The fraction of sp³-hybridized carbons (Fsp3) is 0.263. The van der Waals surface area contributed by atoms with Crippen LogP contribution in [0.1, 0.15) is 17.6 Å². The second kappa shape index (κ2) is 7.82. The molecule has 11 heteroatoms. The summed E-state index contributed by atoms with van der Waals surface area (Å²) in [6.07, 6.45) is -5.33. The first-order valence-electron chi connectivity index (χ1n) is 8.93. The molecule has 0 aliphatic carbocycles. The molecule has 30 heavy (non-hydrogen) atoms. The van der Waals surface area contributed by atoms with Crippen molar-refractivity contribution < 1.29 is 30.8 Å². The summed E-state index contributed by atoms with van der Waals surface area (Å²) in [6, 6.07) is 12.5. The number of hydrogen-bond acceptors (Lipinski definition) is 6. The zero-order valence-corrected chi connectivity index (χ0v) is 16.2. The molecular weight excluding hydrogens is 423 g/mol. The standard InChI is InChI=1S/C19H16F3N3O4S/c20-19(21,22)14-6-4-5-13(11-14)17-23-18(29-24-17)16-12-25(9-10-28-16)30(26,27)15-7-2-1-3-8-15/h1-8,11,16H,9-10,12H2/t16-/m0/s1. The molecule has 1 aliphatic heterocycles. The van der Waals surface area contributed by atoms with Crippen LogP contribution in [0.2, 0.25) is 0 Å². The summed E-state index contributed by atoms with van der Waals surface area (Å²) in [6.45, 7) is 0.210. The quantitative estimate of drug-likeness (QED) is 0.619. The van der Waals surface area contributed by atoms with Gasteiger partial charge in [-0.25, -0.2) is 8.42 Å². The largest absolute Gasteiger partial charge is 0.416 e. The van der Waals surface area contributed by atoms with Crippen LogP contribution in [0.5, 0.6) is 0 Å². The average Bonchev–Trinajstić information content (AvgIpc) is 3.24. The number of rotatable bonds is 4. The molecule has 0 radical (unpaired) electrons. The average molecular weight is 439 g/mol. The molecule has 2 aromatic carbocycles. The van der Waals surface area contributed by atoms with Gasteiger partial charge in [-0.3, -0.25) is 0 Å². The van der Waals surface area contributed by atoms with Gasteiger partial charge in [0.2, 0.25) is 15.8 Å². The first-order chi connectivity index (χ1) is 14.2. The lowest BCUT2D eigenvalue weighted by atomic mass is 10.1. The SMILES string of the molecule is O=S(=O)(c1ccccc1)N1CCO[C@H](c2nc(-c3cccc(C(F)(F)F)c3)no2)C1. The highest BCUT2D eigenvalue weighted by molar-refractivity contribution is 7.89. The van der Waals surface area contributed by atoms with E-state index in [1.165, 1.54) is 28.6 Å². The van der Waals surface area contributed by atoms with E-state index < -0.39 is 27.9 Å². The summed E-state index contributed by atoms with van der Waals surface area (Å²) >= 11 is 0. The van der Waals surface area contributed by atoms with Gasteiger partial charge < -0.3 is 9.26 Å². The molecule has 1 atom stereocenters. The van der Waals surface area contributed by atoms with E-state index in [1.54, 1.807) is 18.2 Å². The lowest BCUT2D eigenvalue weighted by Gasteiger charge is -2.30. The normalized spacial score (nSPS) is 18.4. The highest BCUT2D eigenvalue weighted by atomic mass is 32.2. The highest BCUT2D eigenvalue weighted by Gasteiger charge is 2.34. The van der Waals surface area contributed by atoms with Gasteiger partial charge in [-0.1, -0.05) is 35.5 Å². The van der Waals surface area contributed by atoms with Gasteiger partial charge in [-0.05, 0) is 24.3 Å². The molecule has 158 valence electrons. The van der Waals surface area contributed by atoms with Crippen molar-refractivity contribution in [2.45, 2.75) is 17.2 Å². The van der Waals surface area contributed by atoms with E-state index in [4.69, 9.17) is 9.26 Å². The van der Waals surface area contributed by atoms with E-state index in [-0.39, 0.29) is 41.9 Å². The molecule has 0 saturated carbocycles. The van der Waals surface area contributed by atoms with Gasteiger partial charge >= 0.3 is 6.18 Å². The lowest BCUT2D eigenvalue weighted by molar-refractivity contribution is -0.137. The summed E-state index contributed by atoms with van der Waals surface area (Å²) in [5.74, 6) is -0.0434. The number of alkyl halides is 3. The number of morpholine rings is 1. The third-order valence-corrected chi connectivity index (χ3v) is 6.45. The molecule has 2 heterocycles. The molecule has 0 N–H and O–H groups in total. The Bertz CT molecular complexity index is 1130. The minimum absolute atomic E-state index is 0.00428. The van der Waals surface area contributed by atoms with Crippen LogP contribution >= 0.6 is 0 Å². The van der Waals surface area contributed by atoms with Crippen molar-refractivity contribution >= 4 is 10.0 Å². The van der Waals surface area contributed by atoms with Gasteiger partial charge in [0, 0.05) is 18.7 Å². The fourth-order valence-corrected chi connectivity index (χ4v) is 4.50. The third-order valence-electron chi connectivity index (χ3n) is 4.58. The predicted octanol–water partition coefficient (Wildman–Crippen LogP) is 3.52. The Morgan fingerprint density at radius 1 is 1.07 bits per heavy atom. The van der Waals surface area contributed by atoms with Crippen LogP contribution in [-0.4, -0.2) is 42.6 Å². The predicted molar refractivity (Wildman–Crippen MR) is 98.6 cm³/mol. The van der Waals surface area contributed by atoms with Gasteiger partial charge in [0.1, 0.15) is 0 Å². The van der Waals surface area contributed by atoms with Crippen LogP contribution in [0.15, 0.2) is 64.0 Å². The molecule has 1 aromatic heterocycles. The van der Waals surface area contributed by atoms with Crippen molar-refractivity contribution in [3.05, 3.63) is 66.1 Å². The van der Waals surface area contributed by atoms with Crippen LogP contribution in [0.25, 0.3) is 11.4 Å². The summed E-state index contributed by atoms with van der Waals surface area (Å²) in [7, 11) is -3.73. The maximum absolute atomic E-state index is 12.9. The molecular formula is C19H16F3N3O4S. The minimum atomic E-state index is -4.50. The van der Waals surface area contributed by atoms with E-state index >= 15 is 0 Å². The molecule has 7 nitrogen and oxygen atoms in total. The van der Waals surface area contributed by atoms with Gasteiger partial charge in [-0.2, -0.15) is 22.5 Å². The molecule has 1 aliphatic rings. The zero-order chi connectivity index (χ0) is 21.4. The lowest BCUT2D eigenvalue weighted by Crippen LogP contribution is -2.42. The molecule has 3 aromatic rings. The molecule has 1 fully saturated rings. The second-order valence-electron chi connectivity index (χ2n) is 6.57. The van der Waals surface area contributed by atoms with Crippen molar-refractivity contribution in [1.29, 1.82) is 0 Å². The number of sulfonamides is 1. The third kappa shape index (κ3) is 4.09. The first-order valence-corrected chi connectivity index (χ1v) is 10.4. The topological polar surface area (TPSA) is 85.5 Å². The van der Waals surface area contributed by atoms with E-state index in [0.717, 1.165) is 12.1 Å². The van der Waals surface area contributed by atoms with Crippen molar-refractivity contribution in [2.24, 2.45) is 0 Å².